The molecule has 0 unspecified atom stereocenters. The Morgan fingerprint density at radius 2 is 1.73 bits per heavy atom. The lowest BCUT2D eigenvalue weighted by Crippen LogP contribution is -2.16. The summed E-state index contributed by atoms with van der Waals surface area (Å²) in [6.45, 7) is 0. The summed E-state index contributed by atoms with van der Waals surface area (Å²) in [5.74, 6) is -1.39. The Kier molecular flexibility index (Phi) is 3.29. The Labute approximate surface area is 124 Å². The molecule has 1 heterocycles. The molecule has 7 heteroatoms. The van der Waals surface area contributed by atoms with Gasteiger partial charge >= 0.3 is 0 Å². The number of hydrogen-bond acceptors (Lipinski definition) is 3. The fraction of sp³-hybridized carbons (Fsp3) is 0. The van der Waals surface area contributed by atoms with E-state index in [-0.39, 0.29) is 15.8 Å². The van der Waals surface area contributed by atoms with Gasteiger partial charge in [0.15, 0.2) is 0 Å². The van der Waals surface area contributed by atoms with Crippen LogP contribution in [0, 0.1) is 11.6 Å². The highest BCUT2D eigenvalue weighted by molar-refractivity contribution is 7.91. The number of fused-ring (bicyclic) bond motifs is 1. The number of hydrogen-bond donors (Lipinski definition) is 1. The molecule has 22 heavy (non-hydrogen) atoms. The van der Waals surface area contributed by atoms with Gasteiger partial charge in [0.1, 0.15) is 16.5 Å². The van der Waals surface area contributed by atoms with Crippen molar-refractivity contribution in [1.82, 2.24) is 4.98 Å². The second-order valence-electron chi connectivity index (χ2n) is 4.61. The molecule has 0 spiro atoms. The Balaban J connectivity index is 2.31. The van der Waals surface area contributed by atoms with E-state index in [4.69, 9.17) is 0 Å². The van der Waals surface area contributed by atoms with Crippen molar-refractivity contribution in [2.75, 3.05) is 0 Å². The van der Waals surface area contributed by atoms with Crippen molar-refractivity contribution in [2.24, 2.45) is 0 Å². The van der Waals surface area contributed by atoms with E-state index in [0.717, 1.165) is 24.4 Å². The highest BCUT2D eigenvalue weighted by Gasteiger charge is 2.23. The van der Waals surface area contributed by atoms with Crippen molar-refractivity contribution >= 4 is 20.7 Å². The third-order valence-electron chi connectivity index (χ3n) is 3.23. The van der Waals surface area contributed by atoms with E-state index >= 15 is 0 Å². The first-order valence-electron chi connectivity index (χ1n) is 6.22. The Bertz CT molecular complexity index is 1040. The van der Waals surface area contributed by atoms with Crippen LogP contribution in [-0.4, -0.2) is 13.4 Å². The highest BCUT2D eigenvalue weighted by atomic mass is 32.2. The molecule has 0 fully saturated rings. The van der Waals surface area contributed by atoms with Gasteiger partial charge in [-0.2, -0.15) is 0 Å². The molecule has 112 valence electrons. The molecule has 0 atom stereocenters. The maximum absolute atomic E-state index is 13.6. The molecule has 0 aliphatic carbocycles. The van der Waals surface area contributed by atoms with E-state index in [1.165, 1.54) is 24.3 Å². The van der Waals surface area contributed by atoms with Crippen molar-refractivity contribution in [3.8, 4) is 0 Å². The normalized spacial score (nSPS) is 11.7. The Morgan fingerprint density at radius 1 is 1.00 bits per heavy atom. The van der Waals surface area contributed by atoms with Crippen molar-refractivity contribution in [3.05, 3.63) is 70.5 Å². The molecule has 0 aliphatic rings. The van der Waals surface area contributed by atoms with Gasteiger partial charge in [-0.1, -0.05) is 12.1 Å². The molecule has 4 nitrogen and oxygen atoms in total. The molecular formula is C15H9F2NO3S. The minimum atomic E-state index is -4.20. The standard InChI is InChI=1S/C15H9F2NO3S/c16-9-3-1-4-10(7-9)22(20,21)13-8-18-14-11(15(13)19)5-2-6-12(14)17/h1-8H,(H,18,19). The van der Waals surface area contributed by atoms with Gasteiger partial charge in [0, 0.05) is 11.6 Å². The third kappa shape index (κ3) is 2.19. The fourth-order valence-corrected chi connectivity index (χ4v) is 3.50. The van der Waals surface area contributed by atoms with Crippen molar-refractivity contribution in [2.45, 2.75) is 9.79 Å². The minimum absolute atomic E-state index is 0.0781. The summed E-state index contributed by atoms with van der Waals surface area (Å²) in [6, 6.07) is 8.13. The summed E-state index contributed by atoms with van der Waals surface area (Å²) >= 11 is 0. The van der Waals surface area contributed by atoms with Crippen LogP contribution in [0.3, 0.4) is 0 Å². The Hall–Kier alpha value is -2.54. The van der Waals surface area contributed by atoms with Gasteiger partial charge in [-0.15, -0.1) is 0 Å². The molecule has 3 rings (SSSR count). The zero-order valence-corrected chi connectivity index (χ0v) is 11.8. The number of sulfone groups is 1. The lowest BCUT2D eigenvalue weighted by atomic mass is 10.2. The van der Waals surface area contributed by atoms with Crippen LogP contribution in [0.4, 0.5) is 8.78 Å². The zero-order chi connectivity index (χ0) is 15.9. The van der Waals surface area contributed by atoms with Gasteiger partial charge in [-0.3, -0.25) is 4.79 Å². The van der Waals surface area contributed by atoms with Gasteiger partial charge < -0.3 is 4.98 Å². The van der Waals surface area contributed by atoms with E-state index in [1.807, 2.05) is 0 Å². The smallest absolute Gasteiger partial charge is 0.212 e. The Morgan fingerprint density at radius 3 is 2.45 bits per heavy atom. The van der Waals surface area contributed by atoms with Crippen LogP contribution in [0.5, 0.6) is 0 Å². The molecule has 0 saturated heterocycles. The molecular weight excluding hydrogens is 312 g/mol. The van der Waals surface area contributed by atoms with Crippen molar-refractivity contribution in [3.63, 3.8) is 0 Å². The highest BCUT2D eigenvalue weighted by Crippen LogP contribution is 2.21. The van der Waals surface area contributed by atoms with Gasteiger partial charge in [0.25, 0.3) is 0 Å². The van der Waals surface area contributed by atoms with Gasteiger partial charge in [-0.25, -0.2) is 17.2 Å². The number of aromatic amines is 1. The maximum Gasteiger partial charge on any atom is 0.212 e. The average molecular weight is 321 g/mol. The molecule has 0 amide bonds. The van der Waals surface area contributed by atoms with Gasteiger partial charge in [0.05, 0.1) is 10.4 Å². The largest absolute Gasteiger partial charge is 0.357 e. The lowest BCUT2D eigenvalue weighted by Gasteiger charge is -2.06. The monoisotopic (exact) mass is 321 g/mol. The molecule has 2 aromatic carbocycles. The summed E-state index contributed by atoms with van der Waals surface area (Å²) < 4.78 is 51.7. The maximum atomic E-state index is 13.6. The summed E-state index contributed by atoms with van der Waals surface area (Å²) in [5, 5.41) is -0.0857. The third-order valence-corrected chi connectivity index (χ3v) is 4.98. The second-order valence-corrected chi connectivity index (χ2v) is 6.52. The van der Waals surface area contributed by atoms with Crippen LogP contribution in [-0.2, 0) is 9.84 Å². The van der Waals surface area contributed by atoms with Crippen LogP contribution >= 0.6 is 0 Å². The van der Waals surface area contributed by atoms with E-state index in [2.05, 4.69) is 4.98 Å². The predicted octanol–water partition coefficient (Wildman–Crippen LogP) is 2.64. The molecule has 0 bridgehead atoms. The number of aromatic nitrogens is 1. The molecule has 0 aliphatic heterocycles. The van der Waals surface area contributed by atoms with Crippen LogP contribution in [0.25, 0.3) is 10.9 Å². The number of nitrogens with one attached hydrogen (secondary N) is 1. The topological polar surface area (TPSA) is 67.0 Å². The first kappa shape index (κ1) is 14.4. The number of pyridine rings is 1. The zero-order valence-electron chi connectivity index (χ0n) is 11.0. The second kappa shape index (κ2) is 5.03. The minimum Gasteiger partial charge on any atom is -0.357 e. The number of para-hydroxylation sites is 1. The first-order valence-corrected chi connectivity index (χ1v) is 7.70. The van der Waals surface area contributed by atoms with Crippen molar-refractivity contribution < 1.29 is 17.2 Å². The lowest BCUT2D eigenvalue weighted by molar-refractivity contribution is 0.590. The molecule has 0 saturated carbocycles. The van der Waals surface area contributed by atoms with Crippen LogP contribution < -0.4 is 5.43 Å². The summed E-state index contributed by atoms with van der Waals surface area (Å²) in [5.41, 5.74) is -0.914. The SMILES string of the molecule is O=c1c(S(=O)(=O)c2cccc(F)c2)c[nH]c2c(F)cccc12. The number of halogens is 2. The van der Waals surface area contributed by atoms with Crippen LogP contribution in [0.15, 0.2) is 63.2 Å². The van der Waals surface area contributed by atoms with E-state index in [9.17, 15) is 22.0 Å². The molecule has 0 radical (unpaired) electrons. The summed E-state index contributed by atoms with van der Waals surface area (Å²) in [6.07, 6.45) is 0.925. The van der Waals surface area contributed by atoms with E-state index in [0.29, 0.717) is 0 Å². The molecule has 3 aromatic rings. The number of rotatable bonds is 2. The summed E-state index contributed by atoms with van der Waals surface area (Å²) in [7, 11) is -4.20. The van der Waals surface area contributed by atoms with Crippen LogP contribution in [0.1, 0.15) is 0 Å². The first-order chi connectivity index (χ1) is 10.4. The predicted molar refractivity (Wildman–Crippen MR) is 76.4 cm³/mol. The number of benzene rings is 2. The van der Waals surface area contributed by atoms with Gasteiger partial charge in [-0.05, 0) is 30.3 Å². The van der Waals surface area contributed by atoms with Gasteiger partial charge in [0.2, 0.25) is 15.3 Å². The molecule has 1 aromatic heterocycles. The van der Waals surface area contributed by atoms with Crippen LogP contribution in [0.2, 0.25) is 0 Å². The average Bonchev–Trinajstić information content (AvgIpc) is 2.48. The van der Waals surface area contributed by atoms with E-state index in [1.54, 1.807) is 0 Å². The van der Waals surface area contributed by atoms with Crippen molar-refractivity contribution in [1.29, 1.82) is 0 Å². The fourth-order valence-electron chi connectivity index (χ4n) is 2.16. The summed E-state index contributed by atoms with van der Waals surface area (Å²) in [4.78, 5) is 13.9. The molecule has 1 N–H and O–H groups in total. The quantitative estimate of drug-likeness (QED) is 0.789. The number of H-pyrrole nitrogens is 1. The van der Waals surface area contributed by atoms with E-state index < -0.39 is 31.8 Å².